The normalized spacial score (nSPS) is 22.5. The maximum absolute atomic E-state index is 13.1. The lowest BCUT2D eigenvalue weighted by Crippen LogP contribution is -2.48. The van der Waals surface area contributed by atoms with Crippen molar-refractivity contribution in [2.45, 2.75) is 25.8 Å². The van der Waals surface area contributed by atoms with Gasteiger partial charge in [-0.05, 0) is 43.5 Å². The molecule has 2 amide bonds. The SMILES string of the molecule is CC1CCC(C(N)=O)CN1C(=O)C=Cc1cccc(F)c1. The standard InChI is InChI=1S/C16H19FN2O2/c1-11-5-7-13(16(18)21)10-19(11)15(20)8-6-12-3-2-4-14(17)9-12/h2-4,6,8-9,11,13H,5,7,10H2,1H3,(H2,18,21). The Labute approximate surface area is 123 Å². The van der Waals surface area contributed by atoms with Gasteiger partial charge in [0.05, 0.1) is 5.92 Å². The van der Waals surface area contributed by atoms with E-state index in [1.165, 1.54) is 18.2 Å². The number of nitrogens with two attached hydrogens (primary N) is 1. The molecular formula is C16H19FN2O2. The van der Waals surface area contributed by atoms with Crippen molar-refractivity contribution in [1.82, 2.24) is 4.90 Å². The quantitative estimate of drug-likeness (QED) is 0.865. The van der Waals surface area contributed by atoms with Gasteiger partial charge < -0.3 is 10.6 Å². The lowest BCUT2D eigenvalue weighted by Gasteiger charge is -2.36. The Morgan fingerprint density at radius 2 is 2.14 bits per heavy atom. The number of halogens is 1. The minimum Gasteiger partial charge on any atom is -0.369 e. The molecule has 1 aromatic carbocycles. The number of hydrogen-bond donors (Lipinski definition) is 1. The van der Waals surface area contributed by atoms with Gasteiger partial charge >= 0.3 is 0 Å². The molecule has 2 N–H and O–H groups in total. The maximum atomic E-state index is 13.1. The molecule has 2 rings (SSSR count). The first kappa shape index (κ1) is 15.2. The molecule has 0 spiro atoms. The van der Waals surface area contributed by atoms with Gasteiger partial charge in [0.1, 0.15) is 5.82 Å². The van der Waals surface area contributed by atoms with E-state index in [0.717, 1.165) is 6.42 Å². The van der Waals surface area contributed by atoms with Crippen LogP contribution in [0, 0.1) is 11.7 Å². The second kappa shape index (κ2) is 6.52. The van der Waals surface area contributed by atoms with Gasteiger partial charge in [0, 0.05) is 18.7 Å². The fourth-order valence-corrected chi connectivity index (χ4v) is 2.52. The average molecular weight is 290 g/mol. The van der Waals surface area contributed by atoms with Crippen LogP contribution >= 0.6 is 0 Å². The molecular weight excluding hydrogens is 271 g/mol. The molecule has 1 heterocycles. The maximum Gasteiger partial charge on any atom is 0.246 e. The third-order valence-electron chi connectivity index (χ3n) is 3.83. The van der Waals surface area contributed by atoms with E-state index in [4.69, 9.17) is 5.73 Å². The Hall–Kier alpha value is -2.17. The largest absolute Gasteiger partial charge is 0.369 e. The van der Waals surface area contributed by atoms with Crippen molar-refractivity contribution in [3.63, 3.8) is 0 Å². The van der Waals surface area contributed by atoms with Gasteiger partial charge in [-0.3, -0.25) is 9.59 Å². The summed E-state index contributed by atoms with van der Waals surface area (Å²) >= 11 is 0. The van der Waals surface area contributed by atoms with Crippen molar-refractivity contribution in [3.8, 4) is 0 Å². The van der Waals surface area contributed by atoms with Gasteiger partial charge in [0.2, 0.25) is 11.8 Å². The summed E-state index contributed by atoms with van der Waals surface area (Å²) in [6.45, 7) is 2.30. The number of hydrogen-bond acceptors (Lipinski definition) is 2. The predicted octanol–water partition coefficient (Wildman–Crippen LogP) is 1.95. The van der Waals surface area contributed by atoms with Crippen LogP contribution in [0.25, 0.3) is 6.08 Å². The van der Waals surface area contributed by atoms with E-state index >= 15 is 0 Å². The van der Waals surface area contributed by atoms with Gasteiger partial charge in [-0.1, -0.05) is 12.1 Å². The number of carbonyl (C=O) groups is 2. The number of nitrogens with zero attached hydrogens (tertiary/aromatic N) is 1. The molecule has 0 aromatic heterocycles. The number of amides is 2. The van der Waals surface area contributed by atoms with E-state index in [0.29, 0.717) is 18.5 Å². The predicted molar refractivity (Wildman–Crippen MR) is 78.5 cm³/mol. The molecule has 1 saturated heterocycles. The fraction of sp³-hybridized carbons (Fsp3) is 0.375. The highest BCUT2D eigenvalue weighted by Crippen LogP contribution is 2.22. The molecule has 2 unspecified atom stereocenters. The zero-order valence-corrected chi connectivity index (χ0v) is 12.0. The van der Waals surface area contributed by atoms with E-state index in [-0.39, 0.29) is 29.6 Å². The van der Waals surface area contributed by atoms with Crippen LogP contribution in [0.1, 0.15) is 25.3 Å². The molecule has 0 radical (unpaired) electrons. The topological polar surface area (TPSA) is 63.4 Å². The molecule has 1 aliphatic heterocycles. The second-order valence-corrected chi connectivity index (χ2v) is 5.40. The minimum absolute atomic E-state index is 0.0743. The van der Waals surface area contributed by atoms with Crippen LogP contribution in [0.15, 0.2) is 30.3 Å². The van der Waals surface area contributed by atoms with Crippen molar-refractivity contribution in [3.05, 3.63) is 41.7 Å². The smallest absolute Gasteiger partial charge is 0.246 e. The highest BCUT2D eigenvalue weighted by atomic mass is 19.1. The zero-order valence-electron chi connectivity index (χ0n) is 12.0. The third kappa shape index (κ3) is 3.90. The van der Waals surface area contributed by atoms with Gasteiger partial charge in [-0.15, -0.1) is 0 Å². The Balaban J connectivity index is 2.06. The highest BCUT2D eigenvalue weighted by molar-refractivity contribution is 5.92. The molecule has 0 bridgehead atoms. The summed E-state index contributed by atoms with van der Waals surface area (Å²) in [5.41, 5.74) is 5.94. The van der Waals surface area contributed by atoms with Crippen LogP contribution in [0.2, 0.25) is 0 Å². The van der Waals surface area contributed by atoms with Crippen LogP contribution in [0.3, 0.4) is 0 Å². The molecule has 112 valence electrons. The molecule has 5 heteroatoms. The number of primary amides is 1. The van der Waals surface area contributed by atoms with Crippen LogP contribution in [0.5, 0.6) is 0 Å². The van der Waals surface area contributed by atoms with Crippen molar-refractivity contribution in [1.29, 1.82) is 0 Å². The number of piperidine rings is 1. The third-order valence-corrected chi connectivity index (χ3v) is 3.83. The van der Waals surface area contributed by atoms with E-state index in [1.807, 2.05) is 6.92 Å². The van der Waals surface area contributed by atoms with E-state index < -0.39 is 0 Å². The molecule has 0 aliphatic carbocycles. The fourth-order valence-electron chi connectivity index (χ4n) is 2.52. The Kier molecular flexibility index (Phi) is 4.73. The second-order valence-electron chi connectivity index (χ2n) is 5.40. The summed E-state index contributed by atoms with van der Waals surface area (Å²) in [7, 11) is 0. The van der Waals surface area contributed by atoms with Crippen molar-refractivity contribution in [2.24, 2.45) is 11.7 Å². The first-order valence-corrected chi connectivity index (χ1v) is 7.01. The van der Waals surface area contributed by atoms with Gasteiger partial charge in [0.25, 0.3) is 0 Å². The van der Waals surface area contributed by atoms with E-state index in [9.17, 15) is 14.0 Å². The molecule has 21 heavy (non-hydrogen) atoms. The molecule has 1 aliphatic rings. The van der Waals surface area contributed by atoms with Crippen LogP contribution in [-0.4, -0.2) is 29.3 Å². The number of rotatable bonds is 3. The molecule has 2 atom stereocenters. The summed E-state index contributed by atoms with van der Waals surface area (Å²) in [6.07, 6.45) is 4.46. The minimum atomic E-state index is -0.367. The lowest BCUT2D eigenvalue weighted by molar-refractivity contribution is -0.133. The van der Waals surface area contributed by atoms with Gasteiger partial charge in [-0.25, -0.2) is 4.39 Å². The Morgan fingerprint density at radius 1 is 1.38 bits per heavy atom. The van der Waals surface area contributed by atoms with E-state index in [1.54, 1.807) is 23.1 Å². The van der Waals surface area contributed by atoms with Crippen LogP contribution < -0.4 is 5.73 Å². The number of carbonyl (C=O) groups excluding carboxylic acids is 2. The van der Waals surface area contributed by atoms with E-state index in [2.05, 4.69) is 0 Å². The summed E-state index contributed by atoms with van der Waals surface area (Å²) < 4.78 is 13.1. The molecule has 4 nitrogen and oxygen atoms in total. The summed E-state index contributed by atoms with van der Waals surface area (Å²) in [6, 6.07) is 6.09. The zero-order chi connectivity index (χ0) is 15.4. The summed E-state index contributed by atoms with van der Waals surface area (Å²) in [5, 5.41) is 0. The summed E-state index contributed by atoms with van der Waals surface area (Å²) in [5.74, 6) is -1.18. The molecule has 1 aromatic rings. The summed E-state index contributed by atoms with van der Waals surface area (Å²) in [4.78, 5) is 25.1. The van der Waals surface area contributed by atoms with Crippen molar-refractivity contribution >= 4 is 17.9 Å². The molecule has 1 fully saturated rings. The van der Waals surface area contributed by atoms with Crippen molar-refractivity contribution in [2.75, 3.05) is 6.54 Å². The average Bonchev–Trinajstić information content (AvgIpc) is 2.45. The number of likely N-dealkylation sites (tertiary alicyclic amines) is 1. The van der Waals surface area contributed by atoms with Gasteiger partial charge in [-0.2, -0.15) is 0 Å². The lowest BCUT2D eigenvalue weighted by atomic mass is 9.93. The van der Waals surface area contributed by atoms with Gasteiger partial charge in [0.15, 0.2) is 0 Å². The van der Waals surface area contributed by atoms with Crippen LogP contribution in [-0.2, 0) is 9.59 Å². The monoisotopic (exact) mass is 290 g/mol. The highest BCUT2D eigenvalue weighted by Gasteiger charge is 2.30. The van der Waals surface area contributed by atoms with Crippen LogP contribution in [0.4, 0.5) is 4.39 Å². The Bertz CT molecular complexity index is 571. The molecule has 0 saturated carbocycles. The Morgan fingerprint density at radius 3 is 2.81 bits per heavy atom. The van der Waals surface area contributed by atoms with Crippen molar-refractivity contribution < 1.29 is 14.0 Å². The first-order valence-electron chi connectivity index (χ1n) is 7.01. The number of benzene rings is 1. The first-order chi connectivity index (χ1) is 9.97.